The van der Waals surface area contributed by atoms with Crippen LogP contribution in [0.15, 0.2) is 16.8 Å². The van der Waals surface area contributed by atoms with Crippen LogP contribution in [0.2, 0.25) is 0 Å². The molecular weight excluding hydrogens is 208 g/mol. The summed E-state index contributed by atoms with van der Waals surface area (Å²) < 4.78 is 0. The van der Waals surface area contributed by atoms with E-state index in [0.717, 1.165) is 0 Å². The van der Waals surface area contributed by atoms with Gasteiger partial charge in [-0.25, -0.2) is 4.79 Å². The zero-order valence-corrected chi connectivity index (χ0v) is 10.5. The highest BCUT2D eigenvalue weighted by molar-refractivity contribution is 7.07. The predicted octanol–water partition coefficient (Wildman–Crippen LogP) is 2.69. The molecule has 0 bridgehead atoms. The summed E-state index contributed by atoms with van der Waals surface area (Å²) in [5.41, 5.74) is 0.992. The van der Waals surface area contributed by atoms with Gasteiger partial charge in [-0.1, -0.05) is 0 Å². The minimum atomic E-state index is -0.181. The topological polar surface area (TPSA) is 32.3 Å². The fourth-order valence-corrected chi connectivity index (χ4v) is 1.80. The molecule has 3 nitrogen and oxygen atoms in total. The Morgan fingerprint density at radius 2 is 2.20 bits per heavy atom. The van der Waals surface area contributed by atoms with E-state index < -0.39 is 0 Å². The molecule has 0 atom stereocenters. The van der Waals surface area contributed by atoms with Crippen LogP contribution in [-0.2, 0) is 6.54 Å². The van der Waals surface area contributed by atoms with Crippen LogP contribution < -0.4 is 5.32 Å². The van der Waals surface area contributed by atoms with E-state index in [-0.39, 0.29) is 11.6 Å². The van der Waals surface area contributed by atoms with E-state index in [0.29, 0.717) is 6.54 Å². The number of rotatable bonds is 2. The van der Waals surface area contributed by atoms with Gasteiger partial charge >= 0.3 is 6.03 Å². The zero-order chi connectivity index (χ0) is 11.5. The quantitative estimate of drug-likeness (QED) is 0.826. The van der Waals surface area contributed by atoms with Crippen LogP contribution in [0.1, 0.15) is 26.3 Å². The molecule has 0 saturated carbocycles. The van der Waals surface area contributed by atoms with Crippen molar-refractivity contribution in [2.75, 3.05) is 7.05 Å². The van der Waals surface area contributed by atoms with Gasteiger partial charge in [0.05, 0.1) is 0 Å². The Kier molecular flexibility index (Phi) is 3.74. The monoisotopic (exact) mass is 226 g/mol. The molecule has 0 spiro atoms. The number of nitrogens with one attached hydrogen (secondary N) is 1. The summed E-state index contributed by atoms with van der Waals surface area (Å²) in [7, 11) is 1.80. The third kappa shape index (κ3) is 4.34. The lowest BCUT2D eigenvalue weighted by atomic mass is 10.1. The van der Waals surface area contributed by atoms with Crippen LogP contribution >= 0.6 is 11.3 Å². The summed E-state index contributed by atoms with van der Waals surface area (Å²) in [5.74, 6) is 0. The number of carbonyl (C=O) groups excluding carboxylic acids is 1. The zero-order valence-electron chi connectivity index (χ0n) is 9.70. The predicted molar refractivity (Wildman–Crippen MR) is 64.1 cm³/mol. The van der Waals surface area contributed by atoms with Crippen molar-refractivity contribution < 1.29 is 4.79 Å². The summed E-state index contributed by atoms with van der Waals surface area (Å²) in [6.07, 6.45) is 0. The van der Waals surface area contributed by atoms with Gasteiger partial charge in [-0.05, 0) is 43.2 Å². The highest BCUT2D eigenvalue weighted by Gasteiger charge is 2.16. The first-order valence-electron chi connectivity index (χ1n) is 4.93. The summed E-state index contributed by atoms with van der Waals surface area (Å²) in [6.45, 7) is 6.58. The maximum atomic E-state index is 11.7. The molecule has 4 heteroatoms. The van der Waals surface area contributed by atoms with Crippen LogP contribution in [-0.4, -0.2) is 23.5 Å². The smallest absolute Gasteiger partial charge is 0.317 e. The van der Waals surface area contributed by atoms with Gasteiger partial charge in [0.15, 0.2) is 0 Å². The third-order valence-electron chi connectivity index (χ3n) is 1.83. The van der Waals surface area contributed by atoms with Crippen molar-refractivity contribution >= 4 is 17.4 Å². The van der Waals surface area contributed by atoms with Crippen LogP contribution in [0.4, 0.5) is 4.79 Å². The van der Waals surface area contributed by atoms with E-state index >= 15 is 0 Å². The standard InChI is InChI=1S/C11H18N2OS/c1-11(2,3)12-10(14)13(4)7-9-5-6-15-8-9/h5-6,8H,7H2,1-4H3,(H,12,14). The van der Waals surface area contributed by atoms with Crippen molar-refractivity contribution in [1.82, 2.24) is 10.2 Å². The van der Waals surface area contributed by atoms with Crippen molar-refractivity contribution in [3.63, 3.8) is 0 Å². The van der Waals surface area contributed by atoms with Crippen molar-refractivity contribution in [3.8, 4) is 0 Å². The van der Waals surface area contributed by atoms with Gasteiger partial charge in [0, 0.05) is 19.1 Å². The molecule has 1 rings (SSSR count). The third-order valence-corrected chi connectivity index (χ3v) is 2.56. The van der Waals surface area contributed by atoms with E-state index in [9.17, 15) is 4.79 Å². The maximum absolute atomic E-state index is 11.7. The van der Waals surface area contributed by atoms with Crippen LogP contribution in [0.25, 0.3) is 0 Å². The number of nitrogens with zero attached hydrogens (tertiary/aromatic N) is 1. The molecule has 1 N–H and O–H groups in total. The highest BCUT2D eigenvalue weighted by atomic mass is 32.1. The number of amides is 2. The molecule has 0 radical (unpaired) electrons. The summed E-state index contributed by atoms with van der Waals surface area (Å²) in [6, 6.07) is 2.00. The maximum Gasteiger partial charge on any atom is 0.317 e. The molecule has 0 saturated heterocycles. The number of hydrogen-bond acceptors (Lipinski definition) is 2. The van der Waals surface area contributed by atoms with Crippen molar-refractivity contribution in [2.24, 2.45) is 0 Å². The van der Waals surface area contributed by atoms with Gasteiger partial charge in [-0.15, -0.1) is 0 Å². The molecule has 2 amide bonds. The van der Waals surface area contributed by atoms with Crippen LogP contribution in [0.3, 0.4) is 0 Å². The normalized spacial score (nSPS) is 11.2. The Hall–Kier alpha value is -1.03. The van der Waals surface area contributed by atoms with E-state index in [4.69, 9.17) is 0 Å². The number of thiophene rings is 1. The van der Waals surface area contributed by atoms with Gasteiger partial charge in [0.1, 0.15) is 0 Å². The molecule has 1 heterocycles. The largest absolute Gasteiger partial charge is 0.333 e. The average molecular weight is 226 g/mol. The van der Waals surface area contributed by atoms with Gasteiger partial charge < -0.3 is 10.2 Å². The molecule has 1 aromatic heterocycles. The molecule has 0 fully saturated rings. The Bertz CT molecular complexity index is 314. The number of hydrogen-bond donors (Lipinski definition) is 1. The number of carbonyl (C=O) groups is 1. The molecule has 15 heavy (non-hydrogen) atoms. The fraction of sp³-hybridized carbons (Fsp3) is 0.545. The summed E-state index contributed by atoms with van der Waals surface area (Å²) in [4.78, 5) is 13.4. The molecule has 0 aliphatic heterocycles. The van der Waals surface area contributed by atoms with Crippen LogP contribution in [0, 0.1) is 0 Å². The lowest BCUT2D eigenvalue weighted by Gasteiger charge is -2.25. The number of urea groups is 1. The van der Waals surface area contributed by atoms with Gasteiger partial charge in [-0.3, -0.25) is 0 Å². The fourth-order valence-electron chi connectivity index (χ4n) is 1.14. The summed E-state index contributed by atoms with van der Waals surface area (Å²) >= 11 is 1.65. The molecule has 0 aromatic carbocycles. The lowest BCUT2D eigenvalue weighted by Crippen LogP contribution is -2.46. The second-order valence-corrected chi connectivity index (χ2v) is 5.45. The van der Waals surface area contributed by atoms with Gasteiger partial charge in [-0.2, -0.15) is 11.3 Å². The molecule has 0 aliphatic rings. The van der Waals surface area contributed by atoms with Crippen molar-refractivity contribution in [2.45, 2.75) is 32.9 Å². The van der Waals surface area contributed by atoms with Gasteiger partial charge in [0.2, 0.25) is 0 Å². The minimum absolute atomic E-state index is 0.0336. The lowest BCUT2D eigenvalue weighted by molar-refractivity contribution is 0.197. The van der Waals surface area contributed by atoms with E-state index in [1.165, 1.54) is 5.56 Å². The van der Waals surface area contributed by atoms with Gasteiger partial charge in [0.25, 0.3) is 0 Å². The second kappa shape index (κ2) is 4.66. The summed E-state index contributed by atoms with van der Waals surface area (Å²) in [5, 5.41) is 7.00. The molecule has 84 valence electrons. The van der Waals surface area contributed by atoms with E-state index in [1.54, 1.807) is 23.3 Å². The molecular formula is C11H18N2OS. The van der Waals surface area contributed by atoms with E-state index in [1.807, 2.05) is 32.2 Å². The molecule has 0 aliphatic carbocycles. The Morgan fingerprint density at radius 1 is 1.53 bits per heavy atom. The first-order valence-corrected chi connectivity index (χ1v) is 5.87. The Balaban J connectivity index is 2.47. The van der Waals surface area contributed by atoms with E-state index in [2.05, 4.69) is 10.7 Å². The highest BCUT2D eigenvalue weighted by Crippen LogP contribution is 2.09. The van der Waals surface area contributed by atoms with Crippen molar-refractivity contribution in [3.05, 3.63) is 22.4 Å². The first-order chi connectivity index (χ1) is 6.88. The second-order valence-electron chi connectivity index (χ2n) is 4.67. The van der Waals surface area contributed by atoms with Crippen molar-refractivity contribution in [1.29, 1.82) is 0 Å². The average Bonchev–Trinajstić information content (AvgIpc) is 2.53. The Morgan fingerprint density at radius 3 is 2.67 bits per heavy atom. The Labute approximate surface area is 95.1 Å². The SMILES string of the molecule is CN(Cc1ccsc1)C(=O)NC(C)(C)C. The van der Waals surface area contributed by atoms with Crippen LogP contribution in [0.5, 0.6) is 0 Å². The molecule has 1 aromatic rings. The molecule has 0 unspecified atom stereocenters. The minimum Gasteiger partial charge on any atom is -0.333 e. The first kappa shape index (κ1) is 12.0.